The average molecular weight is 384 g/mol. The van der Waals surface area contributed by atoms with Gasteiger partial charge in [0.25, 0.3) is 0 Å². The zero-order valence-electron chi connectivity index (χ0n) is 16.4. The molecular weight excluding hydrogens is 360 g/mol. The van der Waals surface area contributed by atoms with Crippen molar-refractivity contribution in [1.29, 1.82) is 0 Å². The molecule has 0 saturated carbocycles. The van der Waals surface area contributed by atoms with Gasteiger partial charge in [-0.15, -0.1) is 0 Å². The first kappa shape index (κ1) is 19.8. The van der Waals surface area contributed by atoms with Crippen LogP contribution in [0.5, 0.6) is 23.0 Å². The second kappa shape index (κ2) is 8.35. The first-order valence-corrected chi connectivity index (χ1v) is 8.87. The molecule has 148 valence electrons. The van der Waals surface area contributed by atoms with E-state index in [0.29, 0.717) is 28.6 Å². The van der Waals surface area contributed by atoms with E-state index < -0.39 is 0 Å². The summed E-state index contributed by atoms with van der Waals surface area (Å²) in [7, 11) is 6.30. The zero-order valence-corrected chi connectivity index (χ0v) is 16.4. The molecule has 2 unspecified atom stereocenters. The summed E-state index contributed by atoms with van der Waals surface area (Å²) in [6.07, 6.45) is 2.59. The molecule has 0 radical (unpaired) electrons. The van der Waals surface area contributed by atoms with E-state index in [1.165, 1.54) is 0 Å². The highest BCUT2D eigenvalue weighted by atomic mass is 16.5. The predicted molar refractivity (Wildman–Crippen MR) is 106 cm³/mol. The Kier molecular flexibility index (Phi) is 5.90. The van der Waals surface area contributed by atoms with Gasteiger partial charge in [-0.25, -0.2) is 0 Å². The maximum absolute atomic E-state index is 11.7. The van der Waals surface area contributed by atoms with Crippen molar-refractivity contribution in [1.82, 2.24) is 0 Å². The summed E-state index contributed by atoms with van der Waals surface area (Å²) >= 11 is 0. The molecule has 2 aromatic rings. The lowest BCUT2D eigenvalue weighted by atomic mass is 9.72. The molecule has 1 aliphatic rings. The van der Waals surface area contributed by atoms with Crippen LogP contribution in [0, 0.1) is 5.92 Å². The Hall–Kier alpha value is -2.99. The van der Waals surface area contributed by atoms with Gasteiger partial charge in [-0.1, -0.05) is 6.07 Å². The number of benzene rings is 2. The van der Waals surface area contributed by atoms with Crippen molar-refractivity contribution >= 4 is 12.4 Å². The van der Waals surface area contributed by atoms with Crippen LogP contribution in [0.3, 0.4) is 0 Å². The van der Waals surface area contributed by atoms with Crippen LogP contribution in [-0.4, -0.2) is 46.4 Å². The SMILES string of the molecule is COc1ccc(C2c3cc(OC)c(OC)cc3C=C(C=O)C2CO)cc1OC. The predicted octanol–water partition coefficient (Wildman–Crippen LogP) is 3.06. The summed E-state index contributed by atoms with van der Waals surface area (Å²) < 4.78 is 21.6. The minimum absolute atomic E-state index is 0.169. The van der Waals surface area contributed by atoms with Crippen molar-refractivity contribution in [2.75, 3.05) is 35.0 Å². The molecule has 6 nitrogen and oxygen atoms in total. The highest BCUT2D eigenvalue weighted by molar-refractivity contribution is 5.86. The molecule has 28 heavy (non-hydrogen) atoms. The lowest BCUT2D eigenvalue weighted by Crippen LogP contribution is -2.25. The maximum atomic E-state index is 11.7. The molecule has 2 aromatic carbocycles. The fourth-order valence-corrected chi connectivity index (χ4v) is 3.79. The smallest absolute Gasteiger partial charge is 0.161 e. The molecule has 2 atom stereocenters. The number of carbonyl (C=O) groups is 1. The first-order valence-electron chi connectivity index (χ1n) is 8.87. The van der Waals surface area contributed by atoms with E-state index in [2.05, 4.69) is 0 Å². The molecule has 6 heteroatoms. The van der Waals surface area contributed by atoms with Crippen LogP contribution in [0.15, 0.2) is 35.9 Å². The van der Waals surface area contributed by atoms with Gasteiger partial charge in [0.05, 0.1) is 35.0 Å². The summed E-state index contributed by atoms with van der Waals surface area (Å²) in [5.41, 5.74) is 3.22. The van der Waals surface area contributed by atoms with E-state index in [4.69, 9.17) is 18.9 Å². The number of ether oxygens (including phenoxy) is 4. The highest BCUT2D eigenvalue weighted by Gasteiger charge is 2.34. The quantitative estimate of drug-likeness (QED) is 0.740. The van der Waals surface area contributed by atoms with Crippen molar-refractivity contribution < 1.29 is 28.8 Å². The van der Waals surface area contributed by atoms with E-state index in [0.717, 1.165) is 23.0 Å². The molecule has 0 spiro atoms. The van der Waals surface area contributed by atoms with Gasteiger partial charge >= 0.3 is 0 Å². The molecule has 3 rings (SSSR count). The van der Waals surface area contributed by atoms with Gasteiger partial charge in [-0.05, 0) is 52.6 Å². The van der Waals surface area contributed by atoms with E-state index in [1.807, 2.05) is 30.3 Å². The third kappa shape index (κ3) is 3.31. The molecule has 0 saturated heterocycles. The molecule has 0 amide bonds. The lowest BCUT2D eigenvalue weighted by Gasteiger charge is -2.33. The number of aliphatic hydroxyl groups excluding tert-OH is 1. The fourth-order valence-electron chi connectivity index (χ4n) is 3.79. The van der Waals surface area contributed by atoms with Gasteiger partial charge in [-0.2, -0.15) is 0 Å². The molecule has 0 aromatic heterocycles. The standard InChI is InChI=1S/C22H24O6/c1-25-18-6-5-13(8-19(18)26-2)22-16-10-21(28-4)20(27-3)9-14(16)7-15(11-23)17(22)12-24/h5-11,17,22,24H,12H2,1-4H3. The van der Waals surface area contributed by atoms with Crippen LogP contribution in [0.4, 0.5) is 0 Å². The molecule has 0 bridgehead atoms. The zero-order chi connectivity index (χ0) is 20.3. The Morgan fingerprint density at radius 2 is 1.50 bits per heavy atom. The number of aldehydes is 1. The number of methoxy groups -OCH3 is 4. The molecular formula is C22H24O6. The van der Waals surface area contributed by atoms with Crippen molar-refractivity contribution in [3.63, 3.8) is 0 Å². The monoisotopic (exact) mass is 384 g/mol. The van der Waals surface area contributed by atoms with Gasteiger partial charge in [-0.3, -0.25) is 4.79 Å². The normalized spacial score (nSPS) is 18.0. The van der Waals surface area contributed by atoms with Crippen molar-refractivity contribution in [3.8, 4) is 23.0 Å². The minimum Gasteiger partial charge on any atom is -0.493 e. The average Bonchev–Trinajstić information content (AvgIpc) is 2.75. The van der Waals surface area contributed by atoms with Gasteiger partial charge in [0.1, 0.15) is 6.29 Å². The van der Waals surface area contributed by atoms with Crippen LogP contribution in [0.1, 0.15) is 22.6 Å². The Balaban J connectivity index is 2.24. The summed E-state index contributed by atoms with van der Waals surface area (Å²) in [6, 6.07) is 9.36. The van der Waals surface area contributed by atoms with Crippen LogP contribution in [-0.2, 0) is 4.79 Å². The van der Waals surface area contributed by atoms with Crippen LogP contribution < -0.4 is 18.9 Å². The lowest BCUT2D eigenvalue weighted by molar-refractivity contribution is -0.105. The molecule has 0 heterocycles. The molecule has 0 aliphatic heterocycles. The van der Waals surface area contributed by atoms with E-state index in [1.54, 1.807) is 34.5 Å². The van der Waals surface area contributed by atoms with Crippen LogP contribution in [0.25, 0.3) is 6.08 Å². The molecule has 1 N–H and O–H groups in total. The second-order valence-corrected chi connectivity index (χ2v) is 6.48. The Morgan fingerprint density at radius 3 is 2.07 bits per heavy atom. The highest BCUT2D eigenvalue weighted by Crippen LogP contribution is 2.47. The van der Waals surface area contributed by atoms with Gasteiger partial charge in [0.2, 0.25) is 0 Å². The third-order valence-electron chi connectivity index (χ3n) is 5.18. The largest absolute Gasteiger partial charge is 0.493 e. The topological polar surface area (TPSA) is 74.2 Å². The van der Waals surface area contributed by atoms with Gasteiger partial charge < -0.3 is 24.1 Å². The van der Waals surface area contributed by atoms with Crippen molar-refractivity contribution in [2.45, 2.75) is 5.92 Å². The number of hydrogen-bond acceptors (Lipinski definition) is 6. The summed E-state index contributed by atoms with van der Waals surface area (Å²) in [6.45, 7) is -0.169. The number of hydrogen-bond donors (Lipinski definition) is 1. The van der Waals surface area contributed by atoms with Gasteiger partial charge in [0, 0.05) is 11.8 Å². The Morgan fingerprint density at radius 1 is 0.893 bits per heavy atom. The van der Waals surface area contributed by atoms with E-state index in [9.17, 15) is 9.90 Å². The summed E-state index contributed by atoms with van der Waals surface area (Å²) in [4.78, 5) is 11.7. The minimum atomic E-state index is -0.388. The Bertz CT molecular complexity index is 902. The maximum Gasteiger partial charge on any atom is 0.161 e. The van der Waals surface area contributed by atoms with Crippen LogP contribution >= 0.6 is 0 Å². The number of aliphatic hydroxyl groups is 1. The fraction of sp³-hybridized carbons (Fsp3) is 0.318. The van der Waals surface area contributed by atoms with Crippen molar-refractivity contribution in [3.05, 3.63) is 52.6 Å². The Labute approximate surface area is 164 Å². The molecule has 1 aliphatic carbocycles. The summed E-state index contributed by atoms with van der Waals surface area (Å²) in [5, 5.41) is 10.1. The van der Waals surface area contributed by atoms with E-state index >= 15 is 0 Å². The van der Waals surface area contributed by atoms with E-state index in [-0.39, 0.29) is 18.4 Å². The number of carbonyl (C=O) groups excluding carboxylic acids is 1. The number of rotatable bonds is 7. The van der Waals surface area contributed by atoms with Gasteiger partial charge in [0.15, 0.2) is 23.0 Å². The number of fused-ring (bicyclic) bond motifs is 1. The second-order valence-electron chi connectivity index (χ2n) is 6.48. The molecule has 0 fully saturated rings. The van der Waals surface area contributed by atoms with Crippen molar-refractivity contribution in [2.24, 2.45) is 5.92 Å². The van der Waals surface area contributed by atoms with Crippen LogP contribution in [0.2, 0.25) is 0 Å². The third-order valence-corrected chi connectivity index (χ3v) is 5.18. The summed E-state index contributed by atoms with van der Waals surface area (Å²) in [5.74, 6) is 1.72. The first-order chi connectivity index (χ1) is 13.6.